The van der Waals surface area contributed by atoms with Crippen LogP contribution in [-0.2, 0) is 5.75 Å². The number of nitrogens with zero attached hydrogens (tertiary/aromatic N) is 2. The van der Waals surface area contributed by atoms with E-state index >= 15 is 0 Å². The summed E-state index contributed by atoms with van der Waals surface area (Å²) in [4.78, 5) is 5.80. The van der Waals surface area contributed by atoms with Gasteiger partial charge in [0, 0.05) is 21.5 Å². The molecule has 1 aromatic carbocycles. The van der Waals surface area contributed by atoms with Crippen molar-refractivity contribution in [2.75, 3.05) is 0 Å². The van der Waals surface area contributed by atoms with Gasteiger partial charge in [0.2, 0.25) is 5.89 Å². The molecular weight excluding hydrogens is 350 g/mol. The van der Waals surface area contributed by atoms with Crippen LogP contribution in [-0.4, -0.2) is 22.2 Å². The first kappa shape index (κ1) is 13.8. The van der Waals surface area contributed by atoms with Gasteiger partial charge in [0.25, 0.3) is 0 Å². The van der Waals surface area contributed by atoms with E-state index in [1.807, 2.05) is 18.2 Å². The lowest BCUT2D eigenvalue weighted by Crippen LogP contribution is -2.21. The normalized spacial score (nSPS) is 27.4. The van der Waals surface area contributed by atoms with Crippen LogP contribution in [0.5, 0.6) is 0 Å². The smallest absolute Gasteiger partial charge is 0.231 e. The highest BCUT2D eigenvalue weighted by molar-refractivity contribution is 9.10. The molecule has 3 heterocycles. The molecule has 4 rings (SSSR count). The molecule has 1 aromatic heterocycles. The van der Waals surface area contributed by atoms with E-state index in [1.54, 1.807) is 11.8 Å². The van der Waals surface area contributed by atoms with Crippen molar-refractivity contribution < 1.29 is 4.52 Å². The third kappa shape index (κ3) is 2.76. The molecule has 3 unspecified atom stereocenters. The Morgan fingerprint density at radius 1 is 1.33 bits per heavy atom. The fraction of sp³-hybridized carbons (Fsp3) is 0.467. The van der Waals surface area contributed by atoms with Crippen molar-refractivity contribution >= 4 is 27.7 Å². The summed E-state index contributed by atoms with van der Waals surface area (Å²) in [6, 6.07) is 9.39. The number of benzene rings is 1. The Hall–Kier alpha value is -0.850. The van der Waals surface area contributed by atoms with Gasteiger partial charge in [-0.2, -0.15) is 4.98 Å². The van der Waals surface area contributed by atoms with E-state index < -0.39 is 0 Å². The van der Waals surface area contributed by atoms with Gasteiger partial charge in [0.15, 0.2) is 5.82 Å². The maximum absolute atomic E-state index is 5.49. The zero-order chi connectivity index (χ0) is 14.2. The minimum Gasteiger partial charge on any atom is -0.339 e. The average Bonchev–Trinajstić information content (AvgIpc) is 3.22. The van der Waals surface area contributed by atoms with Gasteiger partial charge < -0.3 is 9.84 Å². The van der Waals surface area contributed by atoms with Crippen molar-refractivity contribution in [2.24, 2.45) is 0 Å². The van der Waals surface area contributed by atoms with Crippen LogP contribution in [0.4, 0.5) is 0 Å². The molecule has 0 saturated carbocycles. The molecule has 2 fully saturated rings. The molecule has 1 N–H and O–H groups in total. The Morgan fingerprint density at radius 2 is 2.24 bits per heavy atom. The highest BCUT2D eigenvalue weighted by Crippen LogP contribution is 2.39. The van der Waals surface area contributed by atoms with E-state index in [-0.39, 0.29) is 0 Å². The summed E-state index contributed by atoms with van der Waals surface area (Å²) in [5, 5.41) is 7.75. The monoisotopic (exact) mass is 365 g/mol. The van der Waals surface area contributed by atoms with Crippen LogP contribution in [0.15, 0.2) is 38.2 Å². The molecule has 0 radical (unpaired) electrons. The van der Waals surface area contributed by atoms with Crippen LogP contribution in [0.3, 0.4) is 0 Å². The predicted molar refractivity (Wildman–Crippen MR) is 85.3 cm³/mol. The van der Waals surface area contributed by atoms with Crippen molar-refractivity contribution in [1.82, 2.24) is 15.5 Å². The molecule has 2 aliphatic rings. The molecule has 2 saturated heterocycles. The lowest BCUT2D eigenvalue weighted by Gasteiger charge is -2.15. The van der Waals surface area contributed by atoms with Crippen LogP contribution in [0, 0.1) is 0 Å². The van der Waals surface area contributed by atoms with Crippen LogP contribution in [0.2, 0.25) is 0 Å². The van der Waals surface area contributed by atoms with Crippen LogP contribution < -0.4 is 5.32 Å². The Morgan fingerprint density at radius 3 is 3.00 bits per heavy atom. The maximum Gasteiger partial charge on any atom is 0.231 e. The van der Waals surface area contributed by atoms with Crippen molar-refractivity contribution in [3.05, 3.63) is 40.5 Å². The first-order valence-corrected chi connectivity index (χ1v) is 9.03. The second kappa shape index (κ2) is 5.74. The number of aromatic nitrogens is 2. The Labute approximate surface area is 136 Å². The summed E-state index contributed by atoms with van der Waals surface area (Å²) >= 11 is 5.28. The fourth-order valence-corrected chi connectivity index (χ4v) is 4.69. The van der Waals surface area contributed by atoms with Gasteiger partial charge in [-0.25, -0.2) is 0 Å². The van der Waals surface area contributed by atoms with Gasteiger partial charge in [-0.1, -0.05) is 17.3 Å². The van der Waals surface area contributed by atoms with E-state index in [9.17, 15) is 0 Å². The minimum atomic E-state index is 0.415. The van der Waals surface area contributed by atoms with Gasteiger partial charge in [-0.05, 0) is 47.3 Å². The van der Waals surface area contributed by atoms with Crippen LogP contribution >= 0.6 is 27.7 Å². The minimum absolute atomic E-state index is 0.415. The van der Waals surface area contributed by atoms with E-state index in [0.29, 0.717) is 18.0 Å². The maximum atomic E-state index is 5.49. The average molecular weight is 366 g/mol. The van der Waals surface area contributed by atoms with E-state index in [4.69, 9.17) is 4.52 Å². The van der Waals surface area contributed by atoms with Gasteiger partial charge in [-0.3, -0.25) is 0 Å². The van der Waals surface area contributed by atoms with Crippen LogP contribution in [0.25, 0.3) is 0 Å². The summed E-state index contributed by atoms with van der Waals surface area (Å²) in [6.45, 7) is 0. The number of halogens is 1. The second-order valence-corrected chi connectivity index (χ2v) is 7.53. The van der Waals surface area contributed by atoms with Crippen molar-refractivity contribution in [1.29, 1.82) is 0 Å². The Kier molecular flexibility index (Phi) is 3.77. The third-order valence-electron chi connectivity index (χ3n) is 4.29. The molecule has 3 atom stereocenters. The van der Waals surface area contributed by atoms with Gasteiger partial charge in [0.1, 0.15) is 0 Å². The molecular formula is C15H16BrN3OS. The summed E-state index contributed by atoms with van der Waals surface area (Å²) in [6.07, 6.45) is 3.67. The van der Waals surface area contributed by atoms with Gasteiger partial charge in [0.05, 0.1) is 11.7 Å². The quantitative estimate of drug-likeness (QED) is 0.836. The summed E-state index contributed by atoms with van der Waals surface area (Å²) < 4.78 is 6.60. The highest BCUT2D eigenvalue weighted by atomic mass is 79.9. The molecule has 2 aliphatic heterocycles. The molecule has 0 amide bonds. The zero-order valence-electron chi connectivity index (χ0n) is 11.5. The molecule has 2 bridgehead atoms. The number of thioether (sulfide) groups is 1. The number of rotatable bonds is 4. The first-order valence-electron chi connectivity index (χ1n) is 7.25. The molecule has 2 aromatic rings. The standard InChI is InChI=1S/C15H16BrN3OS/c16-11-3-1-2-4-13(11)21-8-14-18-15(20-19-14)10-7-9-5-6-12(10)17-9/h1-4,9-10,12,17H,5-8H2. The lowest BCUT2D eigenvalue weighted by atomic mass is 9.89. The largest absolute Gasteiger partial charge is 0.339 e. The van der Waals surface area contributed by atoms with Crippen molar-refractivity contribution in [3.8, 4) is 0 Å². The number of fused-ring (bicyclic) bond motifs is 2. The zero-order valence-corrected chi connectivity index (χ0v) is 13.9. The number of hydrogen-bond donors (Lipinski definition) is 1. The van der Waals surface area contributed by atoms with E-state index in [2.05, 4.69) is 37.5 Å². The summed E-state index contributed by atoms with van der Waals surface area (Å²) in [7, 11) is 0. The molecule has 4 nitrogen and oxygen atoms in total. The van der Waals surface area contributed by atoms with Gasteiger partial charge >= 0.3 is 0 Å². The second-order valence-electron chi connectivity index (χ2n) is 5.66. The van der Waals surface area contributed by atoms with Crippen LogP contribution in [0.1, 0.15) is 36.9 Å². The van der Waals surface area contributed by atoms with E-state index in [1.165, 1.54) is 17.7 Å². The summed E-state index contributed by atoms with van der Waals surface area (Å²) in [5.74, 6) is 2.75. The van der Waals surface area contributed by atoms with Crippen molar-refractivity contribution in [3.63, 3.8) is 0 Å². The topological polar surface area (TPSA) is 51.0 Å². The molecule has 6 heteroatoms. The third-order valence-corrected chi connectivity index (χ3v) is 6.32. The number of hydrogen-bond acceptors (Lipinski definition) is 5. The first-order chi connectivity index (χ1) is 10.3. The molecule has 110 valence electrons. The van der Waals surface area contributed by atoms with Gasteiger partial charge in [-0.15, -0.1) is 11.8 Å². The van der Waals surface area contributed by atoms with E-state index in [0.717, 1.165) is 28.4 Å². The molecule has 0 spiro atoms. The molecule has 0 aliphatic carbocycles. The SMILES string of the molecule is Brc1ccccc1SCc1noc(C2CC3CCC2N3)n1. The lowest BCUT2D eigenvalue weighted by molar-refractivity contribution is 0.327. The Bertz CT molecular complexity index is 647. The number of nitrogens with one attached hydrogen (secondary N) is 1. The predicted octanol–water partition coefficient (Wildman–Crippen LogP) is 3.73. The summed E-state index contributed by atoms with van der Waals surface area (Å²) in [5.41, 5.74) is 0. The fourth-order valence-electron chi connectivity index (χ4n) is 3.28. The van der Waals surface area contributed by atoms with Crippen molar-refractivity contribution in [2.45, 2.75) is 47.9 Å². The Balaban J connectivity index is 1.42. The highest BCUT2D eigenvalue weighted by Gasteiger charge is 2.42. The molecule has 21 heavy (non-hydrogen) atoms.